The molecular formula is C13H27NO. The van der Waals surface area contributed by atoms with E-state index in [1.54, 1.807) is 0 Å². The van der Waals surface area contributed by atoms with Crippen LogP contribution in [0.15, 0.2) is 0 Å². The van der Waals surface area contributed by atoms with E-state index in [1.807, 2.05) is 0 Å². The van der Waals surface area contributed by atoms with Gasteiger partial charge in [0.2, 0.25) is 0 Å². The van der Waals surface area contributed by atoms with Crippen molar-refractivity contribution in [3.63, 3.8) is 0 Å². The lowest BCUT2D eigenvalue weighted by Crippen LogP contribution is -2.41. The van der Waals surface area contributed by atoms with Crippen LogP contribution in [0.1, 0.15) is 53.4 Å². The van der Waals surface area contributed by atoms with Crippen molar-refractivity contribution >= 4 is 0 Å². The molecule has 0 heterocycles. The molecular weight excluding hydrogens is 186 g/mol. The summed E-state index contributed by atoms with van der Waals surface area (Å²) in [5.74, 6) is 0.874. The summed E-state index contributed by atoms with van der Waals surface area (Å²) in [7, 11) is 0. The summed E-state index contributed by atoms with van der Waals surface area (Å²) in [5.41, 5.74) is 0.203. The van der Waals surface area contributed by atoms with E-state index in [0.29, 0.717) is 6.10 Å². The van der Waals surface area contributed by atoms with Crippen LogP contribution < -0.4 is 5.32 Å². The first-order chi connectivity index (χ1) is 7.01. The Kier molecular flexibility index (Phi) is 5.07. The van der Waals surface area contributed by atoms with E-state index in [9.17, 15) is 0 Å². The van der Waals surface area contributed by atoms with Gasteiger partial charge in [-0.05, 0) is 46.0 Å². The van der Waals surface area contributed by atoms with Gasteiger partial charge >= 0.3 is 0 Å². The van der Waals surface area contributed by atoms with Crippen molar-refractivity contribution in [2.24, 2.45) is 5.92 Å². The van der Waals surface area contributed by atoms with Crippen molar-refractivity contribution in [1.29, 1.82) is 0 Å². The maximum atomic E-state index is 5.94. The summed E-state index contributed by atoms with van der Waals surface area (Å²) >= 11 is 0. The van der Waals surface area contributed by atoms with E-state index in [4.69, 9.17) is 4.74 Å². The Morgan fingerprint density at radius 1 is 1.33 bits per heavy atom. The molecule has 0 aromatic carbocycles. The van der Waals surface area contributed by atoms with Crippen LogP contribution in [0.5, 0.6) is 0 Å². The van der Waals surface area contributed by atoms with Crippen LogP contribution in [-0.2, 0) is 4.74 Å². The Morgan fingerprint density at radius 3 is 2.47 bits per heavy atom. The Balaban J connectivity index is 2.16. The van der Waals surface area contributed by atoms with Gasteiger partial charge in [-0.3, -0.25) is 0 Å². The van der Waals surface area contributed by atoms with E-state index in [-0.39, 0.29) is 5.54 Å². The smallest absolute Gasteiger partial charge is 0.0699 e. The predicted octanol–water partition coefficient (Wildman–Crippen LogP) is 2.97. The summed E-state index contributed by atoms with van der Waals surface area (Å²) in [6.45, 7) is 10.8. The fraction of sp³-hybridized carbons (Fsp3) is 1.00. The minimum Gasteiger partial charge on any atom is -0.377 e. The van der Waals surface area contributed by atoms with Crippen LogP contribution in [0, 0.1) is 5.92 Å². The minimum absolute atomic E-state index is 0.203. The Morgan fingerprint density at radius 2 is 2.00 bits per heavy atom. The monoisotopic (exact) mass is 213 g/mol. The van der Waals surface area contributed by atoms with E-state index in [1.165, 1.54) is 25.7 Å². The van der Waals surface area contributed by atoms with E-state index in [2.05, 4.69) is 33.0 Å². The highest BCUT2D eigenvalue weighted by atomic mass is 16.5. The Hall–Kier alpha value is -0.0800. The van der Waals surface area contributed by atoms with Gasteiger partial charge in [0, 0.05) is 18.7 Å². The highest BCUT2D eigenvalue weighted by molar-refractivity contribution is 4.76. The molecule has 1 N–H and O–H groups in total. The molecule has 1 rings (SSSR count). The molecule has 1 aliphatic rings. The maximum absolute atomic E-state index is 5.94. The fourth-order valence-electron chi connectivity index (χ4n) is 1.54. The van der Waals surface area contributed by atoms with Gasteiger partial charge in [0.15, 0.2) is 0 Å². The molecule has 0 spiro atoms. The lowest BCUT2D eigenvalue weighted by atomic mass is 10.1. The second kappa shape index (κ2) is 5.86. The van der Waals surface area contributed by atoms with Gasteiger partial charge in [0.05, 0.1) is 6.10 Å². The zero-order valence-corrected chi connectivity index (χ0v) is 10.8. The molecule has 15 heavy (non-hydrogen) atoms. The Bertz CT molecular complexity index is 170. The third kappa shape index (κ3) is 6.91. The van der Waals surface area contributed by atoms with Crippen LogP contribution in [0.4, 0.5) is 0 Å². The second-order valence-corrected chi connectivity index (χ2v) is 5.82. The molecule has 0 saturated heterocycles. The Labute approximate surface area is 94.8 Å². The predicted molar refractivity (Wildman–Crippen MR) is 65.1 cm³/mol. The van der Waals surface area contributed by atoms with Gasteiger partial charge in [0.25, 0.3) is 0 Å². The van der Waals surface area contributed by atoms with Gasteiger partial charge in [-0.2, -0.15) is 0 Å². The number of hydrogen-bond donors (Lipinski definition) is 1. The first-order valence-electron chi connectivity index (χ1n) is 6.38. The van der Waals surface area contributed by atoms with Gasteiger partial charge < -0.3 is 10.1 Å². The van der Waals surface area contributed by atoms with Crippen molar-refractivity contribution in [3.05, 3.63) is 0 Å². The molecule has 0 amide bonds. The average Bonchev–Trinajstić information content (AvgIpc) is 2.92. The number of rotatable bonds is 7. The summed E-state index contributed by atoms with van der Waals surface area (Å²) in [5, 5.41) is 3.53. The molecule has 0 bridgehead atoms. The van der Waals surface area contributed by atoms with Gasteiger partial charge in [-0.25, -0.2) is 0 Å². The third-order valence-corrected chi connectivity index (χ3v) is 2.74. The molecule has 1 unspecified atom stereocenters. The van der Waals surface area contributed by atoms with Crippen LogP contribution in [-0.4, -0.2) is 24.8 Å². The second-order valence-electron chi connectivity index (χ2n) is 5.82. The molecule has 90 valence electrons. The quantitative estimate of drug-likeness (QED) is 0.702. The lowest BCUT2D eigenvalue weighted by molar-refractivity contribution is 0.0363. The topological polar surface area (TPSA) is 21.3 Å². The molecule has 1 atom stereocenters. The zero-order chi connectivity index (χ0) is 11.3. The summed E-state index contributed by atoms with van der Waals surface area (Å²) in [6.07, 6.45) is 5.56. The highest BCUT2D eigenvalue weighted by Crippen LogP contribution is 2.29. The van der Waals surface area contributed by atoms with Crippen molar-refractivity contribution in [2.45, 2.75) is 65.0 Å². The van der Waals surface area contributed by atoms with Gasteiger partial charge in [-0.15, -0.1) is 0 Å². The summed E-state index contributed by atoms with van der Waals surface area (Å²) in [6, 6.07) is 0. The van der Waals surface area contributed by atoms with Crippen LogP contribution >= 0.6 is 0 Å². The zero-order valence-electron chi connectivity index (χ0n) is 10.8. The van der Waals surface area contributed by atoms with Crippen molar-refractivity contribution in [1.82, 2.24) is 5.32 Å². The summed E-state index contributed by atoms with van der Waals surface area (Å²) in [4.78, 5) is 0. The van der Waals surface area contributed by atoms with Crippen molar-refractivity contribution in [2.75, 3.05) is 13.2 Å². The van der Waals surface area contributed by atoms with Crippen LogP contribution in [0.3, 0.4) is 0 Å². The average molecular weight is 213 g/mol. The molecule has 2 heteroatoms. The standard InChI is InChI=1S/C13H27NO/c1-5-6-12(9-14-13(2,3)4)15-10-11-7-8-11/h11-12,14H,5-10H2,1-4H3. The van der Waals surface area contributed by atoms with Crippen molar-refractivity contribution < 1.29 is 4.74 Å². The first-order valence-corrected chi connectivity index (χ1v) is 6.38. The van der Waals surface area contributed by atoms with Gasteiger partial charge in [0.1, 0.15) is 0 Å². The number of nitrogens with one attached hydrogen (secondary N) is 1. The third-order valence-electron chi connectivity index (χ3n) is 2.74. The normalized spacial score (nSPS) is 19.2. The van der Waals surface area contributed by atoms with E-state index < -0.39 is 0 Å². The van der Waals surface area contributed by atoms with E-state index >= 15 is 0 Å². The maximum Gasteiger partial charge on any atom is 0.0699 e. The molecule has 0 aromatic heterocycles. The molecule has 0 aliphatic heterocycles. The number of hydrogen-bond acceptors (Lipinski definition) is 2. The molecule has 1 saturated carbocycles. The molecule has 1 fully saturated rings. The highest BCUT2D eigenvalue weighted by Gasteiger charge is 2.23. The summed E-state index contributed by atoms with van der Waals surface area (Å²) < 4.78 is 5.94. The molecule has 1 aliphatic carbocycles. The van der Waals surface area contributed by atoms with Gasteiger partial charge in [-0.1, -0.05) is 13.3 Å². The van der Waals surface area contributed by atoms with Crippen LogP contribution in [0.2, 0.25) is 0 Å². The van der Waals surface area contributed by atoms with Crippen molar-refractivity contribution in [3.8, 4) is 0 Å². The fourth-order valence-corrected chi connectivity index (χ4v) is 1.54. The first kappa shape index (κ1) is 13.0. The molecule has 0 radical (unpaired) electrons. The molecule has 0 aromatic rings. The minimum atomic E-state index is 0.203. The lowest BCUT2D eigenvalue weighted by Gasteiger charge is -2.25. The largest absolute Gasteiger partial charge is 0.377 e. The SMILES string of the molecule is CCCC(CNC(C)(C)C)OCC1CC1. The van der Waals surface area contributed by atoms with Crippen LogP contribution in [0.25, 0.3) is 0 Å². The number of ether oxygens (including phenoxy) is 1. The van der Waals surface area contributed by atoms with E-state index in [0.717, 1.165) is 19.1 Å². The molecule has 2 nitrogen and oxygen atoms in total.